The molecule has 1 aliphatic rings. The van der Waals surface area contributed by atoms with E-state index in [9.17, 15) is 0 Å². The van der Waals surface area contributed by atoms with Crippen molar-refractivity contribution in [3.05, 3.63) is 23.8 Å². The Kier molecular flexibility index (Phi) is 8.32. The highest BCUT2D eigenvalue weighted by Crippen LogP contribution is 2.28. The van der Waals surface area contributed by atoms with Gasteiger partial charge in [0.05, 0.1) is 33.5 Å². The predicted molar refractivity (Wildman–Crippen MR) is 97.3 cm³/mol. The molecule has 1 aliphatic heterocycles. The molecule has 0 radical (unpaired) electrons. The quantitative estimate of drug-likeness (QED) is 0.447. The molecule has 0 spiro atoms. The van der Waals surface area contributed by atoms with E-state index in [0.29, 0.717) is 32.3 Å². The molecule has 22 heavy (non-hydrogen) atoms. The van der Waals surface area contributed by atoms with Gasteiger partial charge in [0.2, 0.25) is 0 Å². The van der Waals surface area contributed by atoms with Gasteiger partial charge in [-0.3, -0.25) is 0 Å². The number of morpholine rings is 1. The van der Waals surface area contributed by atoms with Gasteiger partial charge >= 0.3 is 0 Å². The first-order chi connectivity index (χ1) is 10.2. The van der Waals surface area contributed by atoms with Crippen molar-refractivity contribution in [2.45, 2.75) is 13.5 Å². The normalized spacial score (nSPS) is 15.2. The minimum atomic E-state index is 0. The summed E-state index contributed by atoms with van der Waals surface area (Å²) in [4.78, 5) is 6.48. The van der Waals surface area contributed by atoms with E-state index < -0.39 is 0 Å². The first-order valence-corrected chi connectivity index (χ1v) is 7.17. The molecule has 2 N–H and O–H groups in total. The van der Waals surface area contributed by atoms with Crippen LogP contribution in [0.25, 0.3) is 0 Å². The summed E-state index contributed by atoms with van der Waals surface area (Å²) >= 11 is 0. The summed E-state index contributed by atoms with van der Waals surface area (Å²) in [5, 5.41) is 0. The second-order valence-corrected chi connectivity index (χ2v) is 4.69. The van der Waals surface area contributed by atoms with Crippen LogP contribution >= 0.6 is 24.0 Å². The summed E-state index contributed by atoms with van der Waals surface area (Å²) < 4.78 is 16.1. The molecule has 6 nitrogen and oxygen atoms in total. The number of hydrogen-bond donors (Lipinski definition) is 1. The predicted octanol–water partition coefficient (Wildman–Crippen LogP) is 1.86. The summed E-state index contributed by atoms with van der Waals surface area (Å²) in [6.07, 6.45) is 0. The zero-order valence-electron chi connectivity index (χ0n) is 13.1. The Morgan fingerprint density at radius 3 is 2.68 bits per heavy atom. The number of methoxy groups -OCH3 is 1. The molecule has 0 bridgehead atoms. The lowest BCUT2D eigenvalue weighted by molar-refractivity contribution is 0.0674. The first kappa shape index (κ1) is 18.8. The van der Waals surface area contributed by atoms with Gasteiger partial charge < -0.3 is 24.8 Å². The molecule has 0 aromatic heterocycles. The Morgan fingerprint density at radius 1 is 1.32 bits per heavy atom. The van der Waals surface area contributed by atoms with Crippen molar-refractivity contribution in [1.29, 1.82) is 0 Å². The Morgan fingerprint density at radius 2 is 2.05 bits per heavy atom. The lowest BCUT2D eigenvalue weighted by atomic mass is 10.2. The van der Waals surface area contributed by atoms with Crippen molar-refractivity contribution in [3.8, 4) is 11.5 Å². The summed E-state index contributed by atoms with van der Waals surface area (Å²) in [6.45, 7) is 6.05. The van der Waals surface area contributed by atoms with Crippen LogP contribution < -0.4 is 15.2 Å². The Balaban J connectivity index is 0.00000242. The number of benzene rings is 1. The topological polar surface area (TPSA) is 69.3 Å². The second kappa shape index (κ2) is 9.73. The van der Waals surface area contributed by atoms with Crippen molar-refractivity contribution in [3.63, 3.8) is 0 Å². The Labute approximate surface area is 148 Å². The van der Waals surface area contributed by atoms with Gasteiger partial charge in [-0.05, 0) is 24.6 Å². The minimum Gasteiger partial charge on any atom is -0.493 e. The molecule has 1 heterocycles. The number of halogens is 1. The molecule has 1 aromatic rings. The van der Waals surface area contributed by atoms with Crippen LogP contribution in [0.5, 0.6) is 11.5 Å². The monoisotopic (exact) mass is 421 g/mol. The molecule has 1 fully saturated rings. The zero-order chi connectivity index (χ0) is 15.1. The molecular formula is C15H24IN3O3. The lowest BCUT2D eigenvalue weighted by Gasteiger charge is -2.27. The van der Waals surface area contributed by atoms with Gasteiger partial charge in [0.15, 0.2) is 17.5 Å². The fraction of sp³-hybridized carbons (Fsp3) is 0.533. The Hall–Kier alpha value is -1.22. The van der Waals surface area contributed by atoms with E-state index in [-0.39, 0.29) is 24.0 Å². The van der Waals surface area contributed by atoms with Crippen LogP contribution in [0, 0.1) is 0 Å². The van der Waals surface area contributed by atoms with Crippen LogP contribution in [0.15, 0.2) is 23.2 Å². The lowest BCUT2D eigenvalue weighted by Crippen LogP contribution is -2.44. The molecule has 0 unspecified atom stereocenters. The van der Waals surface area contributed by atoms with Crippen LogP contribution in [-0.4, -0.2) is 50.9 Å². The van der Waals surface area contributed by atoms with Crippen LogP contribution in [0.3, 0.4) is 0 Å². The fourth-order valence-electron chi connectivity index (χ4n) is 2.15. The summed E-state index contributed by atoms with van der Waals surface area (Å²) in [6, 6.07) is 5.80. The number of ether oxygens (including phenoxy) is 3. The minimum absolute atomic E-state index is 0. The van der Waals surface area contributed by atoms with Gasteiger partial charge in [-0.2, -0.15) is 0 Å². The third kappa shape index (κ3) is 5.20. The SMILES string of the molecule is CCOc1cc(CN=C(N)N2CCOCC2)ccc1OC.I. The number of guanidine groups is 1. The Bertz CT molecular complexity index is 491. The molecule has 2 rings (SSSR count). The highest BCUT2D eigenvalue weighted by molar-refractivity contribution is 14.0. The average Bonchev–Trinajstić information content (AvgIpc) is 2.54. The number of hydrogen-bond acceptors (Lipinski definition) is 4. The highest BCUT2D eigenvalue weighted by atomic mass is 127. The largest absolute Gasteiger partial charge is 0.493 e. The maximum absolute atomic E-state index is 6.01. The fourth-order valence-corrected chi connectivity index (χ4v) is 2.15. The molecule has 1 aromatic carbocycles. The van der Waals surface area contributed by atoms with Crippen LogP contribution in [0.2, 0.25) is 0 Å². The maximum atomic E-state index is 6.01. The zero-order valence-corrected chi connectivity index (χ0v) is 15.4. The smallest absolute Gasteiger partial charge is 0.191 e. The van der Waals surface area contributed by atoms with E-state index in [1.54, 1.807) is 7.11 Å². The molecule has 0 aliphatic carbocycles. The molecule has 0 amide bonds. The van der Waals surface area contributed by atoms with E-state index in [4.69, 9.17) is 19.9 Å². The van der Waals surface area contributed by atoms with Crippen LogP contribution in [0.4, 0.5) is 0 Å². The number of aliphatic imine (C=N–C) groups is 1. The standard InChI is InChI=1S/C15H23N3O3.HI/c1-3-21-14-10-12(4-5-13(14)19-2)11-17-15(16)18-6-8-20-9-7-18;/h4-5,10H,3,6-9,11H2,1-2H3,(H2,16,17);1H. The first-order valence-electron chi connectivity index (χ1n) is 7.17. The van der Waals surface area contributed by atoms with Crippen molar-refractivity contribution in [1.82, 2.24) is 4.90 Å². The van der Waals surface area contributed by atoms with Gasteiger partial charge in [-0.1, -0.05) is 6.07 Å². The van der Waals surface area contributed by atoms with Gasteiger partial charge in [-0.15, -0.1) is 24.0 Å². The summed E-state index contributed by atoms with van der Waals surface area (Å²) in [5.74, 6) is 2.02. The second-order valence-electron chi connectivity index (χ2n) is 4.69. The van der Waals surface area contributed by atoms with E-state index in [2.05, 4.69) is 4.99 Å². The van der Waals surface area contributed by atoms with E-state index in [1.165, 1.54) is 0 Å². The van der Waals surface area contributed by atoms with Crippen molar-refractivity contribution >= 4 is 29.9 Å². The van der Waals surface area contributed by atoms with E-state index in [1.807, 2.05) is 30.0 Å². The molecular weight excluding hydrogens is 397 g/mol. The summed E-state index contributed by atoms with van der Waals surface area (Å²) in [5.41, 5.74) is 7.05. The van der Waals surface area contributed by atoms with Crippen molar-refractivity contribution in [2.75, 3.05) is 40.0 Å². The molecule has 1 saturated heterocycles. The van der Waals surface area contributed by atoms with E-state index in [0.717, 1.165) is 30.2 Å². The van der Waals surface area contributed by atoms with Crippen LogP contribution in [-0.2, 0) is 11.3 Å². The third-order valence-electron chi connectivity index (χ3n) is 3.29. The highest BCUT2D eigenvalue weighted by Gasteiger charge is 2.12. The molecule has 0 saturated carbocycles. The number of nitrogens with two attached hydrogens (primary N) is 1. The maximum Gasteiger partial charge on any atom is 0.191 e. The number of nitrogens with zero attached hydrogens (tertiary/aromatic N) is 2. The van der Waals surface area contributed by atoms with Crippen LogP contribution in [0.1, 0.15) is 12.5 Å². The third-order valence-corrected chi connectivity index (χ3v) is 3.29. The van der Waals surface area contributed by atoms with Crippen molar-refractivity contribution in [2.24, 2.45) is 10.7 Å². The molecule has 7 heteroatoms. The molecule has 124 valence electrons. The van der Waals surface area contributed by atoms with E-state index >= 15 is 0 Å². The van der Waals surface area contributed by atoms with Gasteiger partial charge in [-0.25, -0.2) is 4.99 Å². The van der Waals surface area contributed by atoms with Gasteiger partial charge in [0, 0.05) is 13.1 Å². The summed E-state index contributed by atoms with van der Waals surface area (Å²) in [7, 11) is 1.63. The number of rotatable bonds is 5. The molecule has 0 atom stereocenters. The average molecular weight is 421 g/mol. The van der Waals surface area contributed by atoms with Gasteiger partial charge in [0.1, 0.15) is 0 Å². The van der Waals surface area contributed by atoms with Crippen molar-refractivity contribution < 1.29 is 14.2 Å². The van der Waals surface area contributed by atoms with Gasteiger partial charge in [0.25, 0.3) is 0 Å².